The lowest BCUT2D eigenvalue weighted by Gasteiger charge is -2.08. The molecular weight excluding hydrogens is 294 g/mol. The van der Waals surface area contributed by atoms with Crippen molar-refractivity contribution in [2.24, 2.45) is 5.73 Å². The molecule has 0 aliphatic rings. The van der Waals surface area contributed by atoms with Gasteiger partial charge in [0.1, 0.15) is 5.02 Å². The maximum atomic E-state index is 11.1. The molecule has 21 heavy (non-hydrogen) atoms. The number of nitro benzene ring substituents is 1. The first-order chi connectivity index (χ1) is 9.97. The molecule has 0 aromatic heterocycles. The fourth-order valence-electron chi connectivity index (χ4n) is 1.79. The van der Waals surface area contributed by atoms with Crippen LogP contribution in [0.4, 0.5) is 11.4 Å². The van der Waals surface area contributed by atoms with E-state index in [0.29, 0.717) is 23.4 Å². The molecule has 3 N–H and O–H groups in total. The zero-order valence-corrected chi connectivity index (χ0v) is 11.6. The zero-order chi connectivity index (χ0) is 15.4. The number of amides is 1. The molecule has 108 valence electrons. The predicted molar refractivity (Wildman–Crippen MR) is 80.4 cm³/mol. The summed E-state index contributed by atoms with van der Waals surface area (Å²) in [5, 5.41) is 14.0. The van der Waals surface area contributed by atoms with Gasteiger partial charge in [0.05, 0.1) is 4.92 Å². The van der Waals surface area contributed by atoms with Crippen LogP contribution in [-0.4, -0.2) is 10.8 Å². The molecule has 0 unspecified atom stereocenters. The quantitative estimate of drug-likeness (QED) is 0.655. The first-order valence-electron chi connectivity index (χ1n) is 6.04. The topological polar surface area (TPSA) is 98.3 Å². The van der Waals surface area contributed by atoms with Crippen molar-refractivity contribution in [3.8, 4) is 0 Å². The monoisotopic (exact) mass is 305 g/mol. The van der Waals surface area contributed by atoms with Crippen molar-refractivity contribution in [2.75, 3.05) is 5.32 Å². The number of carbonyl (C=O) groups is 1. The standard InChI is InChI=1S/C14H12ClN3O3/c15-12-5-4-9(6-13(12)18(20)21)8-17-11-3-1-2-10(7-11)14(16)19/h1-7,17H,8H2,(H2,16,19). The lowest BCUT2D eigenvalue weighted by atomic mass is 10.1. The van der Waals surface area contributed by atoms with Gasteiger partial charge < -0.3 is 11.1 Å². The Morgan fingerprint density at radius 3 is 2.71 bits per heavy atom. The van der Waals surface area contributed by atoms with E-state index in [0.717, 1.165) is 0 Å². The third-order valence-electron chi connectivity index (χ3n) is 2.85. The summed E-state index contributed by atoms with van der Waals surface area (Å²) in [6.07, 6.45) is 0. The van der Waals surface area contributed by atoms with Crippen LogP contribution in [0.5, 0.6) is 0 Å². The van der Waals surface area contributed by atoms with E-state index < -0.39 is 10.8 Å². The van der Waals surface area contributed by atoms with Gasteiger partial charge in [-0.2, -0.15) is 0 Å². The molecule has 0 atom stereocenters. The van der Waals surface area contributed by atoms with Crippen molar-refractivity contribution >= 4 is 28.9 Å². The number of primary amides is 1. The van der Waals surface area contributed by atoms with Gasteiger partial charge in [-0.05, 0) is 29.8 Å². The highest BCUT2D eigenvalue weighted by Gasteiger charge is 2.12. The lowest BCUT2D eigenvalue weighted by molar-refractivity contribution is -0.384. The number of anilines is 1. The first-order valence-corrected chi connectivity index (χ1v) is 6.42. The Labute approximate surface area is 125 Å². The first kappa shape index (κ1) is 14.8. The van der Waals surface area contributed by atoms with Crippen molar-refractivity contribution in [2.45, 2.75) is 6.54 Å². The van der Waals surface area contributed by atoms with Crippen molar-refractivity contribution in [3.63, 3.8) is 0 Å². The highest BCUT2D eigenvalue weighted by atomic mass is 35.5. The molecule has 0 saturated carbocycles. The summed E-state index contributed by atoms with van der Waals surface area (Å²) in [5.41, 5.74) is 6.86. The van der Waals surface area contributed by atoms with Crippen molar-refractivity contribution in [1.29, 1.82) is 0 Å². The third-order valence-corrected chi connectivity index (χ3v) is 3.17. The van der Waals surface area contributed by atoms with Crippen LogP contribution in [-0.2, 0) is 6.54 Å². The van der Waals surface area contributed by atoms with E-state index in [1.807, 2.05) is 0 Å². The number of halogens is 1. The normalized spacial score (nSPS) is 10.1. The molecule has 1 amide bonds. The smallest absolute Gasteiger partial charge is 0.288 e. The Bertz CT molecular complexity index is 704. The Kier molecular flexibility index (Phi) is 4.39. The average Bonchev–Trinajstić information content (AvgIpc) is 2.46. The number of hydrogen-bond donors (Lipinski definition) is 2. The largest absolute Gasteiger partial charge is 0.381 e. The van der Waals surface area contributed by atoms with Gasteiger partial charge in [-0.3, -0.25) is 14.9 Å². The molecule has 2 aromatic carbocycles. The Balaban J connectivity index is 2.13. The summed E-state index contributed by atoms with van der Waals surface area (Å²) in [5.74, 6) is -0.513. The van der Waals surface area contributed by atoms with Crippen LogP contribution in [0, 0.1) is 10.1 Å². The van der Waals surface area contributed by atoms with E-state index in [1.165, 1.54) is 12.1 Å². The highest BCUT2D eigenvalue weighted by molar-refractivity contribution is 6.32. The van der Waals surface area contributed by atoms with E-state index in [1.54, 1.807) is 30.3 Å². The fourth-order valence-corrected chi connectivity index (χ4v) is 1.98. The minimum atomic E-state index is -0.528. The number of nitrogens with zero attached hydrogens (tertiary/aromatic N) is 1. The lowest BCUT2D eigenvalue weighted by Crippen LogP contribution is -2.11. The summed E-state index contributed by atoms with van der Waals surface area (Å²) in [4.78, 5) is 21.4. The molecule has 7 heteroatoms. The third kappa shape index (κ3) is 3.70. The summed E-state index contributed by atoms with van der Waals surface area (Å²) in [6, 6.07) is 11.3. The minimum Gasteiger partial charge on any atom is -0.381 e. The molecular formula is C14H12ClN3O3. The van der Waals surface area contributed by atoms with E-state index in [-0.39, 0.29) is 10.7 Å². The highest BCUT2D eigenvalue weighted by Crippen LogP contribution is 2.25. The minimum absolute atomic E-state index is 0.0967. The summed E-state index contributed by atoms with van der Waals surface area (Å²) in [6.45, 7) is 0.361. The van der Waals surface area contributed by atoms with Crippen LogP contribution in [0.25, 0.3) is 0 Å². The van der Waals surface area contributed by atoms with E-state index >= 15 is 0 Å². The zero-order valence-electron chi connectivity index (χ0n) is 10.9. The molecule has 0 bridgehead atoms. The van der Waals surface area contributed by atoms with Gasteiger partial charge in [-0.1, -0.05) is 23.7 Å². The maximum Gasteiger partial charge on any atom is 0.288 e. The SMILES string of the molecule is NC(=O)c1cccc(NCc2ccc(Cl)c([N+](=O)[O-])c2)c1. The van der Waals surface area contributed by atoms with Crippen LogP contribution in [0.3, 0.4) is 0 Å². The second-order valence-corrected chi connectivity index (χ2v) is 4.75. The van der Waals surface area contributed by atoms with Crippen LogP contribution in [0.2, 0.25) is 5.02 Å². The molecule has 2 rings (SSSR count). The van der Waals surface area contributed by atoms with Crippen molar-refractivity contribution < 1.29 is 9.72 Å². The molecule has 0 saturated heterocycles. The summed E-state index contributed by atoms with van der Waals surface area (Å²) < 4.78 is 0. The summed E-state index contributed by atoms with van der Waals surface area (Å²) >= 11 is 5.75. The summed E-state index contributed by atoms with van der Waals surface area (Å²) in [7, 11) is 0. The Morgan fingerprint density at radius 1 is 1.29 bits per heavy atom. The van der Waals surface area contributed by atoms with Gasteiger partial charge in [0, 0.05) is 23.9 Å². The molecule has 6 nitrogen and oxygen atoms in total. The number of hydrogen-bond acceptors (Lipinski definition) is 4. The average molecular weight is 306 g/mol. The molecule has 0 radical (unpaired) electrons. The molecule has 0 fully saturated rings. The van der Waals surface area contributed by atoms with Crippen LogP contribution >= 0.6 is 11.6 Å². The molecule has 0 spiro atoms. The molecule has 0 aliphatic heterocycles. The Morgan fingerprint density at radius 2 is 2.05 bits per heavy atom. The van der Waals surface area contributed by atoms with Gasteiger partial charge >= 0.3 is 0 Å². The van der Waals surface area contributed by atoms with Gasteiger partial charge in [0.25, 0.3) is 5.69 Å². The number of nitrogens with one attached hydrogen (secondary N) is 1. The van der Waals surface area contributed by atoms with E-state index in [4.69, 9.17) is 17.3 Å². The number of rotatable bonds is 5. The fraction of sp³-hybridized carbons (Fsp3) is 0.0714. The van der Waals surface area contributed by atoms with E-state index in [2.05, 4.69) is 5.32 Å². The van der Waals surface area contributed by atoms with Gasteiger partial charge in [0.15, 0.2) is 0 Å². The molecule has 0 aliphatic carbocycles. The van der Waals surface area contributed by atoms with Crippen LogP contribution in [0.15, 0.2) is 42.5 Å². The van der Waals surface area contributed by atoms with Crippen molar-refractivity contribution in [3.05, 3.63) is 68.7 Å². The molecule has 0 heterocycles. The van der Waals surface area contributed by atoms with Crippen LogP contribution in [0.1, 0.15) is 15.9 Å². The van der Waals surface area contributed by atoms with E-state index in [9.17, 15) is 14.9 Å². The van der Waals surface area contributed by atoms with Crippen LogP contribution < -0.4 is 11.1 Å². The van der Waals surface area contributed by atoms with Gasteiger partial charge in [0.2, 0.25) is 5.91 Å². The Hall–Kier alpha value is -2.60. The number of benzene rings is 2. The number of nitro groups is 1. The number of carbonyl (C=O) groups excluding carboxylic acids is 1. The maximum absolute atomic E-state index is 11.1. The molecule has 2 aromatic rings. The number of nitrogens with two attached hydrogens (primary N) is 1. The van der Waals surface area contributed by atoms with Gasteiger partial charge in [-0.15, -0.1) is 0 Å². The second kappa shape index (κ2) is 6.23. The van der Waals surface area contributed by atoms with Gasteiger partial charge in [-0.25, -0.2) is 0 Å². The van der Waals surface area contributed by atoms with Crippen molar-refractivity contribution in [1.82, 2.24) is 0 Å². The second-order valence-electron chi connectivity index (χ2n) is 4.34. The predicted octanol–water partition coefficient (Wildman–Crippen LogP) is 2.96.